The van der Waals surface area contributed by atoms with Crippen molar-refractivity contribution in [2.24, 2.45) is 0 Å². The van der Waals surface area contributed by atoms with Crippen molar-refractivity contribution < 1.29 is 4.74 Å². The number of likely N-dealkylation sites (N-methyl/N-ethyl adjacent to an activating group) is 1. The van der Waals surface area contributed by atoms with E-state index in [1.807, 2.05) is 0 Å². The minimum absolute atomic E-state index is 0.536. The van der Waals surface area contributed by atoms with Gasteiger partial charge in [0.15, 0.2) is 0 Å². The zero-order valence-electron chi connectivity index (χ0n) is 17.4. The molecule has 0 radical (unpaired) electrons. The Hall–Kier alpha value is -1.02. The zero-order valence-corrected chi connectivity index (χ0v) is 17.4. The molecule has 3 fully saturated rings. The molecule has 3 saturated heterocycles. The van der Waals surface area contributed by atoms with Gasteiger partial charge in [0, 0.05) is 64.4 Å². The first-order valence-electron chi connectivity index (χ1n) is 11.0. The molecule has 0 aliphatic carbocycles. The van der Waals surface area contributed by atoms with Crippen LogP contribution in [0.3, 0.4) is 0 Å². The largest absolute Gasteiger partial charge is 0.379 e. The fraction of sp³-hybridized carbons (Fsp3) is 0.727. The van der Waals surface area contributed by atoms with Gasteiger partial charge in [-0.05, 0) is 37.7 Å². The van der Waals surface area contributed by atoms with Crippen molar-refractivity contribution in [2.75, 3.05) is 79.2 Å². The van der Waals surface area contributed by atoms with Gasteiger partial charge in [0.25, 0.3) is 0 Å². The molecule has 3 aliphatic rings. The maximum Gasteiger partial charge on any atom is 0.0594 e. The lowest BCUT2D eigenvalue weighted by Gasteiger charge is -2.32. The van der Waals surface area contributed by atoms with Crippen LogP contribution in [0.25, 0.3) is 0 Å². The Bertz CT molecular complexity index is 581. The summed E-state index contributed by atoms with van der Waals surface area (Å²) in [6.45, 7) is 13.2. The van der Waals surface area contributed by atoms with Crippen LogP contribution in [-0.4, -0.2) is 99.9 Å². The van der Waals surface area contributed by atoms with Crippen LogP contribution < -0.4 is 10.6 Å². The molecule has 0 aromatic heterocycles. The van der Waals surface area contributed by atoms with E-state index < -0.39 is 0 Å². The van der Waals surface area contributed by atoms with Crippen LogP contribution in [0, 0.1) is 0 Å². The molecule has 4 rings (SSSR count). The van der Waals surface area contributed by atoms with E-state index in [1.54, 1.807) is 0 Å². The molecule has 2 atom stereocenters. The number of benzene rings is 1. The first kappa shape index (κ1) is 20.3. The van der Waals surface area contributed by atoms with E-state index in [2.05, 4.69) is 56.6 Å². The van der Waals surface area contributed by atoms with Crippen LogP contribution in [0.1, 0.15) is 23.6 Å². The van der Waals surface area contributed by atoms with Gasteiger partial charge in [0.2, 0.25) is 0 Å². The first-order valence-corrected chi connectivity index (χ1v) is 11.0. The number of hydrogen-bond acceptors (Lipinski definition) is 6. The highest BCUT2D eigenvalue weighted by atomic mass is 16.5. The van der Waals surface area contributed by atoms with Gasteiger partial charge in [-0.15, -0.1) is 0 Å². The summed E-state index contributed by atoms with van der Waals surface area (Å²) < 4.78 is 5.44. The highest BCUT2D eigenvalue weighted by Gasteiger charge is 2.38. The smallest absolute Gasteiger partial charge is 0.0594 e. The third-order valence-corrected chi connectivity index (χ3v) is 6.34. The third kappa shape index (κ3) is 5.99. The average Bonchev–Trinajstić information content (AvgIpc) is 3.49. The molecule has 3 aliphatic heterocycles. The Morgan fingerprint density at radius 2 is 1.75 bits per heavy atom. The summed E-state index contributed by atoms with van der Waals surface area (Å²) in [5.74, 6) is 0. The van der Waals surface area contributed by atoms with Crippen molar-refractivity contribution in [3.8, 4) is 0 Å². The van der Waals surface area contributed by atoms with Gasteiger partial charge in [0.1, 0.15) is 0 Å². The number of hydrogen-bond donors (Lipinski definition) is 2. The predicted molar refractivity (Wildman–Crippen MR) is 114 cm³/mol. The van der Waals surface area contributed by atoms with Crippen molar-refractivity contribution in [1.82, 2.24) is 25.3 Å². The van der Waals surface area contributed by atoms with Gasteiger partial charge < -0.3 is 25.2 Å². The van der Waals surface area contributed by atoms with Gasteiger partial charge in [-0.2, -0.15) is 0 Å². The number of ether oxygens (including phenoxy) is 1. The van der Waals surface area contributed by atoms with Crippen LogP contribution in [0.15, 0.2) is 24.3 Å². The van der Waals surface area contributed by atoms with Crippen molar-refractivity contribution in [3.05, 3.63) is 35.4 Å². The SMILES string of the molecule is CN1CCN(CCCNCc2ccc(C3NC3CN3CCOCC3)cc2)CC1. The number of morpholine rings is 1. The lowest BCUT2D eigenvalue weighted by Crippen LogP contribution is -2.45. The van der Waals surface area contributed by atoms with Crippen molar-refractivity contribution in [3.63, 3.8) is 0 Å². The molecule has 28 heavy (non-hydrogen) atoms. The minimum atomic E-state index is 0.536. The number of rotatable bonds is 9. The molecule has 156 valence electrons. The summed E-state index contributed by atoms with van der Waals surface area (Å²) in [4.78, 5) is 7.52. The van der Waals surface area contributed by atoms with Crippen molar-refractivity contribution in [2.45, 2.75) is 25.0 Å². The second-order valence-corrected chi connectivity index (χ2v) is 8.58. The molecule has 0 bridgehead atoms. The van der Waals surface area contributed by atoms with E-state index in [9.17, 15) is 0 Å². The van der Waals surface area contributed by atoms with E-state index in [0.29, 0.717) is 12.1 Å². The van der Waals surface area contributed by atoms with Gasteiger partial charge in [-0.3, -0.25) is 4.90 Å². The normalized spacial score (nSPS) is 27.2. The topological polar surface area (TPSA) is 52.9 Å². The van der Waals surface area contributed by atoms with E-state index >= 15 is 0 Å². The van der Waals surface area contributed by atoms with Crippen LogP contribution in [0.2, 0.25) is 0 Å². The Morgan fingerprint density at radius 1 is 1.00 bits per heavy atom. The molecule has 2 unspecified atom stereocenters. The Kier molecular flexibility index (Phi) is 7.34. The lowest BCUT2D eigenvalue weighted by molar-refractivity contribution is 0.0380. The highest BCUT2D eigenvalue weighted by Crippen LogP contribution is 2.30. The van der Waals surface area contributed by atoms with Crippen LogP contribution in [0.4, 0.5) is 0 Å². The summed E-state index contributed by atoms with van der Waals surface area (Å²) in [7, 11) is 2.22. The molecule has 3 heterocycles. The van der Waals surface area contributed by atoms with Gasteiger partial charge in [-0.25, -0.2) is 0 Å². The van der Waals surface area contributed by atoms with Crippen LogP contribution in [-0.2, 0) is 11.3 Å². The summed E-state index contributed by atoms with van der Waals surface area (Å²) in [5.41, 5.74) is 2.81. The Balaban J connectivity index is 1.10. The third-order valence-electron chi connectivity index (χ3n) is 6.34. The predicted octanol–water partition coefficient (Wildman–Crippen LogP) is 0.759. The standard InChI is InChI=1S/C22H37N5O/c1-25-9-11-26(12-10-25)8-2-7-23-17-19-3-5-20(6-4-19)22-21(24-22)18-27-13-15-28-16-14-27/h3-6,21-24H,2,7-18H2,1H3. The number of nitrogens with one attached hydrogen (secondary N) is 2. The van der Waals surface area contributed by atoms with Gasteiger partial charge in [-0.1, -0.05) is 24.3 Å². The van der Waals surface area contributed by atoms with Gasteiger partial charge in [0.05, 0.1) is 13.2 Å². The first-order chi connectivity index (χ1) is 13.8. The second kappa shape index (κ2) is 10.1. The summed E-state index contributed by atoms with van der Waals surface area (Å²) in [5, 5.41) is 7.25. The van der Waals surface area contributed by atoms with Crippen molar-refractivity contribution >= 4 is 0 Å². The molecule has 6 heteroatoms. The Labute approximate surface area is 170 Å². The lowest BCUT2D eigenvalue weighted by atomic mass is 10.1. The molecule has 0 spiro atoms. The minimum Gasteiger partial charge on any atom is -0.379 e. The summed E-state index contributed by atoms with van der Waals surface area (Å²) in [6.07, 6.45) is 1.23. The number of nitrogens with zero attached hydrogens (tertiary/aromatic N) is 3. The monoisotopic (exact) mass is 387 g/mol. The maximum absolute atomic E-state index is 5.44. The molecule has 0 amide bonds. The number of piperazine rings is 1. The molecule has 6 nitrogen and oxygen atoms in total. The van der Waals surface area contributed by atoms with Crippen molar-refractivity contribution in [1.29, 1.82) is 0 Å². The second-order valence-electron chi connectivity index (χ2n) is 8.58. The Morgan fingerprint density at radius 3 is 2.50 bits per heavy atom. The fourth-order valence-electron chi connectivity index (χ4n) is 4.30. The zero-order chi connectivity index (χ0) is 19.2. The molecular weight excluding hydrogens is 350 g/mol. The molecule has 1 aromatic carbocycles. The van der Waals surface area contributed by atoms with Crippen LogP contribution >= 0.6 is 0 Å². The van der Waals surface area contributed by atoms with E-state index in [1.165, 1.54) is 50.3 Å². The van der Waals surface area contributed by atoms with E-state index in [-0.39, 0.29) is 0 Å². The fourth-order valence-corrected chi connectivity index (χ4v) is 4.30. The summed E-state index contributed by atoms with van der Waals surface area (Å²) >= 11 is 0. The molecule has 2 N–H and O–H groups in total. The quantitative estimate of drug-likeness (QED) is 0.482. The highest BCUT2D eigenvalue weighted by molar-refractivity contribution is 5.30. The average molecular weight is 388 g/mol. The van der Waals surface area contributed by atoms with E-state index in [0.717, 1.165) is 45.9 Å². The van der Waals surface area contributed by atoms with E-state index in [4.69, 9.17) is 4.74 Å². The molecule has 0 saturated carbocycles. The maximum atomic E-state index is 5.44. The van der Waals surface area contributed by atoms with Crippen LogP contribution in [0.5, 0.6) is 0 Å². The molecular formula is C22H37N5O. The molecule has 1 aromatic rings. The van der Waals surface area contributed by atoms with Gasteiger partial charge >= 0.3 is 0 Å². The summed E-state index contributed by atoms with van der Waals surface area (Å²) in [6, 6.07) is 10.3.